The number of hydrogen-bond donors (Lipinski definition) is 0. The number of fused-ring (bicyclic) bond motifs is 3. The molecule has 2 aromatic carbocycles. The maximum atomic E-state index is 2.38. The van der Waals surface area contributed by atoms with E-state index in [9.17, 15) is 0 Å². The molecule has 2 nitrogen and oxygen atoms in total. The van der Waals surface area contributed by atoms with E-state index in [2.05, 4.69) is 95.0 Å². The fourth-order valence-corrected chi connectivity index (χ4v) is 3.51. The third-order valence-corrected chi connectivity index (χ3v) is 5.34. The number of hydrogen-bond acceptors (Lipinski definition) is 2. The lowest BCUT2D eigenvalue weighted by Crippen LogP contribution is -2.26. The van der Waals surface area contributed by atoms with Crippen LogP contribution in [0.5, 0.6) is 0 Å². The molecule has 0 atom stereocenters. The average Bonchev–Trinajstić information content (AvgIpc) is 2.74. The Kier molecular flexibility index (Phi) is 3.66. The fourth-order valence-electron chi connectivity index (χ4n) is 3.51. The third-order valence-electron chi connectivity index (χ3n) is 5.34. The molecule has 0 radical (unpaired) electrons. The Bertz CT molecular complexity index is 742. The normalized spacial score (nSPS) is 14.6. The fraction of sp³-hybridized carbons (Fsp3) is 0.429. The van der Waals surface area contributed by atoms with Crippen LogP contribution in [-0.4, -0.2) is 27.2 Å². The van der Waals surface area contributed by atoms with Crippen molar-refractivity contribution in [1.29, 1.82) is 0 Å². The van der Waals surface area contributed by atoms with Gasteiger partial charge in [0.15, 0.2) is 0 Å². The first-order chi connectivity index (χ1) is 10.7. The maximum absolute atomic E-state index is 2.38. The van der Waals surface area contributed by atoms with Crippen molar-refractivity contribution in [1.82, 2.24) is 0 Å². The second-order valence-electron chi connectivity index (χ2n) is 7.68. The molecule has 0 amide bonds. The Morgan fingerprint density at radius 3 is 1.74 bits per heavy atom. The summed E-state index contributed by atoms with van der Waals surface area (Å²) in [5.74, 6) is 0. The van der Waals surface area contributed by atoms with E-state index in [1.165, 1.54) is 33.6 Å². The molecule has 0 aliphatic heterocycles. The van der Waals surface area contributed by atoms with Crippen molar-refractivity contribution >= 4 is 11.4 Å². The zero-order valence-electron chi connectivity index (χ0n) is 15.4. The summed E-state index contributed by atoms with van der Waals surface area (Å²) < 4.78 is 0. The number of nitrogens with zero attached hydrogens (tertiary/aromatic N) is 2. The molecule has 122 valence electrons. The number of anilines is 2. The minimum atomic E-state index is 0.0461. The van der Waals surface area contributed by atoms with Gasteiger partial charge in [0.25, 0.3) is 0 Å². The van der Waals surface area contributed by atoms with Gasteiger partial charge in [0.05, 0.1) is 0 Å². The van der Waals surface area contributed by atoms with Gasteiger partial charge in [-0.15, -0.1) is 0 Å². The standard InChI is InChI=1S/C21H28N2/c1-14(2)23(7)16-9-11-18-17-10-8-15(22(5)6)12-19(17)21(3,4)20(18)13-16/h8-14H,1-7H3. The van der Waals surface area contributed by atoms with Crippen molar-refractivity contribution in [3.05, 3.63) is 47.5 Å². The van der Waals surface area contributed by atoms with Crippen molar-refractivity contribution in [2.24, 2.45) is 0 Å². The van der Waals surface area contributed by atoms with Gasteiger partial charge in [-0.05, 0) is 60.4 Å². The molecular weight excluding hydrogens is 280 g/mol. The molecule has 0 saturated heterocycles. The second kappa shape index (κ2) is 5.30. The molecule has 2 heteroatoms. The van der Waals surface area contributed by atoms with E-state index in [-0.39, 0.29) is 5.41 Å². The summed E-state index contributed by atoms with van der Waals surface area (Å²) in [6, 6.07) is 14.3. The first-order valence-corrected chi connectivity index (χ1v) is 8.43. The third kappa shape index (κ3) is 2.41. The molecule has 0 saturated carbocycles. The van der Waals surface area contributed by atoms with Gasteiger partial charge in [-0.25, -0.2) is 0 Å². The van der Waals surface area contributed by atoms with Gasteiger partial charge < -0.3 is 9.80 Å². The Hall–Kier alpha value is -1.96. The molecule has 1 aliphatic rings. The van der Waals surface area contributed by atoms with Crippen LogP contribution < -0.4 is 9.80 Å². The number of rotatable bonds is 3. The van der Waals surface area contributed by atoms with E-state index in [0.29, 0.717) is 6.04 Å². The van der Waals surface area contributed by atoms with Crippen LogP contribution >= 0.6 is 0 Å². The summed E-state index contributed by atoms with van der Waals surface area (Å²) in [5.41, 5.74) is 8.25. The van der Waals surface area contributed by atoms with Crippen molar-refractivity contribution < 1.29 is 0 Å². The predicted molar refractivity (Wildman–Crippen MR) is 102 cm³/mol. The van der Waals surface area contributed by atoms with E-state index in [1.807, 2.05) is 0 Å². The van der Waals surface area contributed by atoms with Crippen LogP contribution in [0.3, 0.4) is 0 Å². The lowest BCUT2D eigenvalue weighted by atomic mass is 9.82. The van der Waals surface area contributed by atoms with E-state index in [4.69, 9.17) is 0 Å². The van der Waals surface area contributed by atoms with Crippen molar-refractivity contribution in [3.63, 3.8) is 0 Å². The molecule has 0 fully saturated rings. The Labute approximate surface area is 140 Å². The van der Waals surface area contributed by atoms with Crippen LogP contribution in [0.1, 0.15) is 38.8 Å². The van der Waals surface area contributed by atoms with Gasteiger partial charge in [0.2, 0.25) is 0 Å². The highest BCUT2D eigenvalue weighted by Gasteiger charge is 2.36. The molecule has 0 heterocycles. The molecule has 1 aliphatic carbocycles. The van der Waals surface area contributed by atoms with Gasteiger partial charge in [0, 0.05) is 44.0 Å². The summed E-state index contributed by atoms with van der Waals surface area (Å²) >= 11 is 0. The van der Waals surface area contributed by atoms with E-state index in [1.54, 1.807) is 0 Å². The minimum Gasteiger partial charge on any atom is -0.378 e. The van der Waals surface area contributed by atoms with Gasteiger partial charge in [-0.3, -0.25) is 0 Å². The lowest BCUT2D eigenvalue weighted by Gasteiger charge is -2.27. The summed E-state index contributed by atoms with van der Waals surface area (Å²) in [7, 11) is 6.38. The lowest BCUT2D eigenvalue weighted by molar-refractivity contribution is 0.658. The monoisotopic (exact) mass is 308 g/mol. The van der Waals surface area contributed by atoms with Crippen molar-refractivity contribution in [3.8, 4) is 11.1 Å². The quantitative estimate of drug-likeness (QED) is 0.795. The highest BCUT2D eigenvalue weighted by atomic mass is 15.1. The van der Waals surface area contributed by atoms with Crippen molar-refractivity contribution in [2.75, 3.05) is 30.9 Å². The summed E-state index contributed by atoms with van der Waals surface area (Å²) in [5, 5.41) is 0. The van der Waals surface area contributed by atoms with Crippen LogP contribution in [0.2, 0.25) is 0 Å². The van der Waals surface area contributed by atoms with Gasteiger partial charge in [0.1, 0.15) is 0 Å². The molecular formula is C21H28N2. The van der Waals surface area contributed by atoms with E-state index < -0.39 is 0 Å². The van der Waals surface area contributed by atoms with Crippen LogP contribution in [0, 0.1) is 0 Å². The molecule has 0 N–H and O–H groups in total. The molecule has 3 rings (SSSR count). The SMILES string of the molecule is CC(C)N(C)c1ccc2c(c1)C(C)(C)c1cc(N(C)C)ccc1-2. The smallest absolute Gasteiger partial charge is 0.0369 e. The van der Waals surface area contributed by atoms with Crippen LogP contribution in [0.4, 0.5) is 11.4 Å². The zero-order valence-corrected chi connectivity index (χ0v) is 15.4. The first-order valence-electron chi connectivity index (χ1n) is 8.43. The molecule has 0 spiro atoms. The van der Waals surface area contributed by atoms with Crippen LogP contribution in [-0.2, 0) is 5.41 Å². The Balaban J connectivity index is 2.15. The summed E-state index contributed by atoms with van der Waals surface area (Å²) in [6.45, 7) is 9.15. The minimum absolute atomic E-state index is 0.0461. The highest BCUT2D eigenvalue weighted by molar-refractivity contribution is 5.84. The Morgan fingerprint density at radius 2 is 1.26 bits per heavy atom. The van der Waals surface area contributed by atoms with Gasteiger partial charge >= 0.3 is 0 Å². The molecule has 0 aromatic heterocycles. The molecule has 0 bridgehead atoms. The van der Waals surface area contributed by atoms with E-state index in [0.717, 1.165) is 0 Å². The van der Waals surface area contributed by atoms with Crippen LogP contribution in [0.15, 0.2) is 36.4 Å². The highest BCUT2D eigenvalue weighted by Crippen LogP contribution is 2.50. The maximum Gasteiger partial charge on any atom is 0.0369 e. The van der Waals surface area contributed by atoms with E-state index >= 15 is 0 Å². The summed E-state index contributed by atoms with van der Waals surface area (Å²) in [6.07, 6.45) is 0. The zero-order chi connectivity index (χ0) is 16.9. The van der Waals surface area contributed by atoms with Gasteiger partial charge in [-0.2, -0.15) is 0 Å². The van der Waals surface area contributed by atoms with Gasteiger partial charge in [-0.1, -0.05) is 26.0 Å². The average molecular weight is 308 g/mol. The molecule has 23 heavy (non-hydrogen) atoms. The largest absolute Gasteiger partial charge is 0.378 e. The topological polar surface area (TPSA) is 6.48 Å². The predicted octanol–water partition coefficient (Wildman–Crippen LogP) is 4.90. The number of benzene rings is 2. The van der Waals surface area contributed by atoms with Crippen molar-refractivity contribution in [2.45, 2.75) is 39.2 Å². The Morgan fingerprint density at radius 1 is 0.783 bits per heavy atom. The second-order valence-corrected chi connectivity index (χ2v) is 7.68. The molecule has 2 aromatic rings. The first kappa shape index (κ1) is 15.9. The summed E-state index contributed by atoms with van der Waals surface area (Å²) in [4.78, 5) is 4.52. The van der Waals surface area contributed by atoms with Crippen LogP contribution in [0.25, 0.3) is 11.1 Å². The molecule has 0 unspecified atom stereocenters.